The van der Waals surface area contributed by atoms with Crippen LogP contribution in [0.1, 0.15) is 44.9 Å². The van der Waals surface area contributed by atoms with E-state index < -0.39 is 0 Å². The van der Waals surface area contributed by atoms with Gasteiger partial charge in [-0.25, -0.2) is 4.98 Å². The van der Waals surface area contributed by atoms with Crippen LogP contribution in [0.15, 0.2) is 12.1 Å². The predicted octanol–water partition coefficient (Wildman–Crippen LogP) is 2.90. The van der Waals surface area contributed by atoms with Crippen molar-refractivity contribution in [2.75, 3.05) is 5.32 Å². The molecule has 80 valence electrons. The lowest BCUT2D eigenvalue weighted by Gasteiger charge is -2.13. The Hall–Kier alpha value is -1.56. The Bertz CT molecular complexity index is 375. The van der Waals surface area contributed by atoms with Crippen LogP contribution in [0.4, 0.5) is 5.82 Å². The second-order valence-corrected chi connectivity index (χ2v) is 4.20. The van der Waals surface area contributed by atoms with Crippen LogP contribution < -0.4 is 5.32 Å². The highest BCUT2D eigenvalue weighted by Gasteiger charge is 2.08. The molecular formula is C12H17N3. The van der Waals surface area contributed by atoms with Gasteiger partial charge in [-0.15, -0.1) is 0 Å². The van der Waals surface area contributed by atoms with Gasteiger partial charge in [0.05, 0.1) is 5.56 Å². The van der Waals surface area contributed by atoms with Crippen LogP contribution in [-0.2, 0) is 0 Å². The summed E-state index contributed by atoms with van der Waals surface area (Å²) in [5, 5.41) is 12.1. The summed E-state index contributed by atoms with van der Waals surface area (Å²) in [6, 6.07) is 6.16. The highest BCUT2D eigenvalue weighted by Crippen LogP contribution is 2.18. The van der Waals surface area contributed by atoms with Crippen molar-refractivity contribution in [1.29, 1.82) is 5.26 Å². The molecule has 1 heterocycles. The van der Waals surface area contributed by atoms with E-state index in [4.69, 9.17) is 5.26 Å². The maximum Gasteiger partial charge on any atom is 0.144 e. The van der Waals surface area contributed by atoms with Gasteiger partial charge in [-0.1, -0.05) is 13.8 Å². The van der Waals surface area contributed by atoms with Crippen LogP contribution in [0.5, 0.6) is 0 Å². The van der Waals surface area contributed by atoms with E-state index in [1.54, 1.807) is 0 Å². The molecule has 0 radical (unpaired) electrons. The van der Waals surface area contributed by atoms with Crippen molar-refractivity contribution in [3.63, 3.8) is 0 Å². The average molecular weight is 203 g/mol. The lowest BCUT2D eigenvalue weighted by Crippen LogP contribution is -2.13. The van der Waals surface area contributed by atoms with Crippen molar-refractivity contribution in [3.8, 4) is 6.07 Å². The molecule has 0 atom stereocenters. The van der Waals surface area contributed by atoms with Gasteiger partial charge in [0.1, 0.15) is 11.9 Å². The fourth-order valence-corrected chi connectivity index (χ4v) is 1.27. The van der Waals surface area contributed by atoms with Gasteiger partial charge in [-0.2, -0.15) is 5.26 Å². The van der Waals surface area contributed by atoms with Gasteiger partial charge in [-0.05, 0) is 31.9 Å². The Morgan fingerprint density at radius 2 is 1.93 bits per heavy atom. The molecular weight excluding hydrogens is 186 g/mol. The minimum Gasteiger partial charge on any atom is -0.367 e. The summed E-state index contributed by atoms with van der Waals surface area (Å²) in [5.74, 6) is 1.07. The molecule has 0 aromatic carbocycles. The number of nitrogens with zero attached hydrogens (tertiary/aromatic N) is 2. The SMILES string of the molecule is CC(C)Nc1nc(C(C)C)ccc1C#N. The highest BCUT2D eigenvalue weighted by atomic mass is 15.0. The molecule has 0 bridgehead atoms. The summed E-state index contributed by atoms with van der Waals surface area (Å²) in [6.07, 6.45) is 0. The lowest BCUT2D eigenvalue weighted by atomic mass is 10.1. The molecule has 15 heavy (non-hydrogen) atoms. The number of hydrogen-bond acceptors (Lipinski definition) is 3. The fraction of sp³-hybridized carbons (Fsp3) is 0.500. The minimum atomic E-state index is 0.284. The van der Waals surface area contributed by atoms with Crippen molar-refractivity contribution < 1.29 is 0 Å². The maximum atomic E-state index is 8.93. The molecule has 1 N–H and O–H groups in total. The maximum absolute atomic E-state index is 8.93. The van der Waals surface area contributed by atoms with Crippen molar-refractivity contribution in [3.05, 3.63) is 23.4 Å². The summed E-state index contributed by atoms with van der Waals surface area (Å²) in [7, 11) is 0. The number of pyridine rings is 1. The van der Waals surface area contributed by atoms with Crippen molar-refractivity contribution >= 4 is 5.82 Å². The van der Waals surface area contributed by atoms with Crippen LogP contribution >= 0.6 is 0 Å². The van der Waals surface area contributed by atoms with Crippen LogP contribution in [0.2, 0.25) is 0 Å². The number of nitriles is 1. The van der Waals surface area contributed by atoms with Crippen LogP contribution in [0.3, 0.4) is 0 Å². The first-order valence-corrected chi connectivity index (χ1v) is 5.22. The van der Waals surface area contributed by atoms with Crippen LogP contribution in [0, 0.1) is 11.3 Å². The molecule has 1 aromatic heterocycles. The lowest BCUT2D eigenvalue weighted by molar-refractivity contribution is 0.813. The van der Waals surface area contributed by atoms with E-state index in [9.17, 15) is 0 Å². The van der Waals surface area contributed by atoms with E-state index in [1.165, 1.54) is 0 Å². The number of anilines is 1. The summed E-state index contributed by atoms with van der Waals surface area (Å²) in [6.45, 7) is 8.25. The average Bonchev–Trinajstić information content (AvgIpc) is 2.16. The van der Waals surface area contributed by atoms with E-state index in [1.807, 2.05) is 26.0 Å². The zero-order valence-electron chi connectivity index (χ0n) is 9.70. The molecule has 0 aliphatic carbocycles. The summed E-state index contributed by atoms with van der Waals surface area (Å²) in [5.41, 5.74) is 1.62. The van der Waals surface area contributed by atoms with Gasteiger partial charge in [-0.3, -0.25) is 0 Å². The van der Waals surface area contributed by atoms with Gasteiger partial charge in [0, 0.05) is 11.7 Å². The molecule has 3 nitrogen and oxygen atoms in total. The molecule has 0 aliphatic heterocycles. The monoisotopic (exact) mass is 203 g/mol. The predicted molar refractivity (Wildman–Crippen MR) is 61.8 cm³/mol. The number of hydrogen-bond donors (Lipinski definition) is 1. The van der Waals surface area contributed by atoms with Gasteiger partial charge in [0.25, 0.3) is 0 Å². The molecule has 3 heteroatoms. The van der Waals surface area contributed by atoms with E-state index in [-0.39, 0.29) is 6.04 Å². The van der Waals surface area contributed by atoms with Crippen molar-refractivity contribution in [2.24, 2.45) is 0 Å². The van der Waals surface area contributed by atoms with E-state index in [2.05, 4.69) is 30.2 Å². The smallest absolute Gasteiger partial charge is 0.144 e. The Labute approximate surface area is 91.1 Å². The molecule has 0 aliphatic rings. The second-order valence-electron chi connectivity index (χ2n) is 4.20. The van der Waals surface area contributed by atoms with Gasteiger partial charge in [0.2, 0.25) is 0 Å². The van der Waals surface area contributed by atoms with E-state index in [0.29, 0.717) is 17.3 Å². The molecule has 0 amide bonds. The quantitative estimate of drug-likeness (QED) is 0.821. The third kappa shape index (κ3) is 2.95. The molecule has 0 spiro atoms. The van der Waals surface area contributed by atoms with Crippen molar-refractivity contribution in [1.82, 2.24) is 4.98 Å². The molecule has 0 saturated carbocycles. The molecule has 0 unspecified atom stereocenters. The second kappa shape index (κ2) is 4.79. The Morgan fingerprint density at radius 1 is 1.27 bits per heavy atom. The van der Waals surface area contributed by atoms with Gasteiger partial charge < -0.3 is 5.32 Å². The normalized spacial score (nSPS) is 10.5. The largest absolute Gasteiger partial charge is 0.367 e. The first-order valence-electron chi connectivity index (χ1n) is 5.22. The Kier molecular flexibility index (Phi) is 3.68. The van der Waals surface area contributed by atoms with Gasteiger partial charge in [0.15, 0.2) is 0 Å². The number of rotatable bonds is 3. The van der Waals surface area contributed by atoms with Gasteiger partial charge >= 0.3 is 0 Å². The minimum absolute atomic E-state index is 0.284. The molecule has 1 aromatic rings. The van der Waals surface area contributed by atoms with Crippen LogP contribution in [0.25, 0.3) is 0 Å². The summed E-state index contributed by atoms with van der Waals surface area (Å²) < 4.78 is 0. The molecule has 0 fully saturated rings. The third-order valence-corrected chi connectivity index (χ3v) is 2.05. The zero-order chi connectivity index (χ0) is 11.4. The standard InChI is InChI=1S/C12H17N3/c1-8(2)11-6-5-10(7-13)12(15-11)14-9(3)4/h5-6,8-9H,1-4H3,(H,14,15). The fourth-order valence-electron chi connectivity index (χ4n) is 1.27. The van der Waals surface area contributed by atoms with E-state index >= 15 is 0 Å². The number of nitrogens with one attached hydrogen (secondary N) is 1. The first kappa shape index (κ1) is 11.5. The number of aromatic nitrogens is 1. The first-order chi connectivity index (χ1) is 7.04. The molecule has 0 saturated heterocycles. The topological polar surface area (TPSA) is 48.7 Å². The van der Waals surface area contributed by atoms with Crippen LogP contribution in [-0.4, -0.2) is 11.0 Å². The highest BCUT2D eigenvalue weighted by molar-refractivity contribution is 5.52. The Balaban J connectivity index is 3.09. The summed E-state index contributed by atoms with van der Waals surface area (Å²) >= 11 is 0. The third-order valence-electron chi connectivity index (χ3n) is 2.05. The van der Waals surface area contributed by atoms with Crippen molar-refractivity contribution in [2.45, 2.75) is 39.7 Å². The summed E-state index contributed by atoms with van der Waals surface area (Å²) in [4.78, 5) is 4.45. The Morgan fingerprint density at radius 3 is 2.40 bits per heavy atom. The molecule has 1 rings (SSSR count). The van der Waals surface area contributed by atoms with E-state index in [0.717, 1.165) is 5.69 Å². The zero-order valence-corrected chi connectivity index (χ0v) is 9.70.